The van der Waals surface area contributed by atoms with Crippen LogP contribution in [0, 0.1) is 15.2 Å². The molecule has 0 saturated heterocycles. The van der Waals surface area contributed by atoms with Crippen LogP contribution < -0.4 is 5.32 Å². The molecule has 1 aromatic heterocycles. The lowest BCUT2D eigenvalue weighted by atomic mass is 10.2. The van der Waals surface area contributed by atoms with Crippen LogP contribution >= 0.6 is 49.9 Å². The van der Waals surface area contributed by atoms with Crippen molar-refractivity contribution in [3.63, 3.8) is 0 Å². The van der Waals surface area contributed by atoms with Crippen LogP contribution in [0.2, 0.25) is 0 Å². The summed E-state index contributed by atoms with van der Waals surface area (Å²) in [5.41, 5.74) is 0.727. The molecule has 0 fully saturated rings. The molecule has 0 radical (unpaired) electrons. The van der Waals surface area contributed by atoms with Crippen LogP contribution in [0.5, 0.6) is 0 Å². The number of nitrogens with one attached hydrogen (secondary N) is 1. The molecule has 3 aromatic rings. The molecule has 4 nitrogen and oxygen atoms in total. The topological polar surface area (TPSA) is 54.9 Å². The number of hydrogen-bond donors (Lipinski definition) is 1. The van der Waals surface area contributed by atoms with Crippen molar-refractivity contribution >= 4 is 60.9 Å². The molecule has 1 N–H and O–H groups in total. The van der Waals surface area contributed by atoms with Crippen molar-refractivity contribution in [3.8, 4) is 10.6 Å². The molecule has 0 aliphatic carbocycles. The van der Waals surface area contributed by atoms with E-state index in [0.717, 1.165) is 17.4 Å². The van der Waals surface area contributed by atoms with E-state index < -0.39 is 17.5 Å². The standard InChI is InChI=1S/C15H7BrF2IN3OS/c16-9-1-8(3-10(17)5-9)14-21-22-15(24-14)20-13(23)7-2-11(18)6-12(19)4-7/h1-6H,(H,20,22,23). The highest BCUT2D eigenvalue weighted by Gasteiger charge is 2.13. The third kappa shape index (κ3) is 4.14. The average molecular weight is 522 g/mol. The first-order valence-corrected chi connectivity index (χ1v) is 9.17. The van der Waals surface area contributed by atoms with Crippen LogP contribution in [0.1, 0.15) is 10.4 Å². The van der Waals surface area contributed by atoms with Crippen LogP contribution in [-0.2, 0) is 0 Å². The highest BCUT2D eigenvalue weighted by molar-refractivity contribution is 14.1. The summed E-state index contributed by atoms with van der Waals surface area (Å²) in [5, 5.41) is 11.1. The first kappa shape index (κ1) is 17.4. The van der Waals surface area contributed by atoms with E-state index >= 15 is 0 Å². The fourth-order valence-electron chi connectivity index (χ4n) is 1.92. The largest absolute Gasteiger partial charge is 0.296 e. The second-order valence-electron chi connectivity index (χ2n) is 4.68. The van der Waals surface area contributed by atoms with E-state index in [1.54, 1.807) is 12.1 Å². The molecular formula is C15H7BrF2IN3OS. The quantitative estimate of drug-likeness (QED) is 0.488. The van der Waals surface area contributed by atoms with Gasteiger partial charge in [-0.25, -0.2) is 8.78 Å². The minimum Gasteiger partial charge on any atom is -0.296 e. The molecule has 122 valence electrons. The van der Waals surface area contributed by atoms with Gasteiger partial charge in [-0.2, -0.15) is 0 Å². The SMILES string of the molecule is O=C(Nc1nnc(-c2cc(F)cc(Br)c2)s1)c1cc(F)cc(I)c1. The fraction of sp³-hybridized carbons (Fsp3) is 0. The van der Waals surface area contributed by atoms with Crippen molar-refractivity contribution in [1.29, 1.82) is 0 Å². The van der Waals surface area contributed by atoms with E-state index in [2.05, 4.69) is 31.4 Å². The summed E-state index contributed by atoms with van der Waals surface area (Å²) in [4.78, 5) is 12.2. The summed E-state index contributed by atoms with van der Waals surface area (Å²) in [5.74, 6) is -1.39. The molecule has 2 aromatic carbocycles. The number of anilines is 1. The molecule has 1 heterocycles. The summed E-state index contributed by atoms with van der Waals surface area (Å²) in [6.45, 7) is 0. The van der Waals surface area contributed by atoms with E-state index in [1.807, 2.05) is 22.6 Å². The van der Waals surface area contributed by atoms with Gasteiger partial charge in [0.1, 0.15) is 16.6 Å². The van der Waals surface area contributed by atoms with Gasteiger partial charge in [-0.15, -0.1) is 10.2 Å². The number of carbonyl (C=O) groups excluding carboxylic acids is 1. The van der Waals surface area contributed by atoms with Crippen molar-refractivity contribution in [2.45, 2.75) is 0 Å². The molecule has 24 heavy (non-hydrogen) atoms. The van der Waals surface area contributed by atoms with Crippen molar-refractivity contribution in [2.75, 3.05) is 5.32 Å². The summed E-state index contributed by atoms with van der Waals surface area (Å²) < 4.78 is 28.0. The van der Waals surface area contributed by atoms with Crippen molar-refractivity contribution in [2.24, 2.45) is 0 Å². The first-order chi connectivity index (χ1) is 11.4. The molecule has 0 saturated carbocycles. The second kappa shape index (κ2) is 7.19. The normalized spacial score (nSPS) is 10.7. The molecular weight excluding hydrogens is 515 g/mol. The summed E-state index contributed by atoms with van der Waals surface area (Å²) in [6.07, 6.45) is 0. The lowest BCUT2D eigenvalue weighted by Gasteiger charge is -2.02. The number of nitrogens with zero attached hydrogens (tertiary/aromatic N) is 2. The molecule has 0 atom stereocenters. The third-order valence-electron chi connectivity index (χ3n) is 2.88. The molecule has 3 rings (SSSR count). The van der Waals surface area contributed by atoms with Crippen LogP contribution in [0.15, 0.2) is 40.9 Å². The minimum atomic E-state index is -0.491. The summed E-state index contributed by atoms with van der Waals surface area (Å²) in [6, 6.07) is 8.38. The Morgan fingerprint density at radius 3 is 2.54 bits per heavy atom. The zero-order valence-corrected chi connectivity index (χ0v) is 16.2. The lowest BCUT2D eigenvalue weighted by Crippen LogP contribution is -2.12. The smallest absolute Gasteiger partial charge is 0.257 e. The minimum absolute atomic E-state index is 0.185. The van der Waals surface area contributed by atoms with Crippen LogP contribution in [0.4, 0.5) is 13.9 Å². The zero-order valence-electron chi connectivity index (χ0n) is 11.7. The number of halogens is 4. The van der Waals surface area contributed by atoms with E-state index in [9.17, 15) is 13.6 Å². The monoisotopic (exact) mass is 521 g/mol. The molecule has 0 spiro atoms. The Bertz CT molecular complexity index is 894. The van der Waals surface area contributed by atoms with Crippen LogP contribution in [-0.4, -0.2) is 16.1 Å². The molecule has 0 bridgehead atoms. The predicted octanol–water partition coefficient (Wildman–Crippen LogP) is 5.10. The Morgan fingerprint density at radius 1 is 1.08 bits per heavy atom. The van der Waals surface area contributed by atoms with Crippen molar-refractivity contribution in [1.82, 2.24) is 10.2 Å². The maximum Gasteiger partial charge on any atom is 0.257 e. The number of hydrogen-bond acceptors (Lipinski definition) is 4. The van der Waals surface area contributed by atoms with Gasteiger partial charge in [0.15, 0.2) is 0 Å². The lowest BCUT2D eigenvalue weighted by molar-refractivity contribution is 0.102. The highest BCUT2D eigenvalue weighted by atomic mass is 127. The molecule has 9 heteroatoms. The Balaban J connectivity index is 1.82. The zero-order chi connectivity index (χ0) is 17.3. The summed E-state index contributed by atoms with van der Waals surface area (Å²) >= 11 is 6.24. The highest BCUT2D eigenvalue weighted by Crippen LogP contribution is 2.29. The Morgan fingerprint density at radius 2 is 1.83 bits per heavy atom. The Kier molecular flexibility index (Phi) is 5.21. The Labute approximate surface area is 161 Å². The van der Waals surface area contributed by atoms with E-state index in [-0.39, 0.29) is 10.7 Å². The van der Waals surface area contributed by atoms with Crippen LogP contribution in [0.25, 0.3) is 10.6 Å². The van der Waals surface area contributed by atoms with E-state index in [1.165, 1.54) is 18.2 Å². The fourth-order valence-corrected chi connectivity index (χ4v) is 3.75. The van der Waals surface area contributed by atoms with Crippen LogP contribution in [0.3, 0.4) is 0 Å². The van der Waals surface area contributed by atoms with Crippen molar-refractivity contribution < 1.29 is 13.6 Å². The van der Waals surface area contributed by atoms with Gasteiger partial charge in [-0.3, -0.25) is 10.1 Å². The van der Waals surface area contributed by atoms with Gasteiger partial charge in [0.25, 0.3) is 5.91 Å². The van der Waals surface area contributed by atoms with Gasteiger partial charge in [0.05, 0.1) is 0 Å². The Hall–Kier alpha value is -1.46. The maximum absolute atomic E-state index is 13.4. The number of aromatic nitrogens is 2. The van der Waals surface area contributed by atoms with Gasteiger partial charge >= 0.3 is 0 Å². The molecule has 0 aliphatic heterocycles. The van der Waals surface area contributed by atoms with E-state index in [0.29, 0.717) is 18.6 Å². The number of carbonyl (C=O) groups is 1. The number of rotatable bonds is 3. The average Bonchev–Trinajstić information content (AvgIpc) is 2.93. The van der Waals surface area contributed by atoms with E-state index in [4.69, 9.17) is 0 Å². The maximum atomic E-state index is 13.4. The first-order valence-electron chi connectivity index (χ1n) is 6.48. The number of benzene rings is 2. The van der Waals surface area contributed by atoms with Crippen molar-refractivity contribution in [3.05, 3.63) is 61.6 Å². The molecule has 1 amide bonds. The van der Waals surface area contributed by atoms with Gasteiger partial charge in [-0.05, 0) is 59.0 Å². The van der Waals surface area contributed by atoms with Gasteiger partial charge in [-0.1, -0.05) is 27.3 Å². The number of amides is 1. The summed E-state index contributed by atoms with van der Waals surface area (Å²) in [7, 11) is 0. The van der Waals surface area contributed by atoms with Gasteiger partial charge in [0.2, 0.25) is 5.13 Å². The third-order valence-corrected chi connectivity index (χ3v) is 4.85. The molecule has 0 unspecified atom stereocenters. The second-order valence-corrected chi connectivity index (χ2v) is 7.82. The molecule has 0 aliphatic rings. The van der Waals surface area contributed by atoms with Gasteiger partial charge in [0, 0.05) is 19.2 Å². The van der Waals surface area contributed by atoms with Gasteiger partial charge < -0.3 is 0 Å². The predicted molar refractivity (Wildman–Crippen MR) is 100 cm³/mol.